The van der Waals surface area contributed by atoms with Crippen LogP contribution in [0.15, 0.2) is 47.1 Å². The summed E-state index contributed by atoms with van der Waals surface area (Å²) >= 11 is 0. The average Bonchev–Trinajstić information content (AvgIpc) is 3.06. The average molecular weight is 364 g/mol. The Morgan fingerprint density at radius 1 is 1.28 bits per heavy atom. The molecule has 2 aromatic rings. The SMILES string of the molecule is CCOC(=O)/C=C(/C)CCCS(=O)(=O)c1nnnn1-c1ccccc1. The Morgan fingerprint density at radius 3 is 2.68 bits per heavy atom. The zero-order valence-corrected chi connectivity index (χ0v) is 14.9. The third-order valence-corrected chi connectivity index (χ3v) is 4.99. The Morgan fingerprint density at radius 2 is 2.00 bits per heavy atom. The molecule has 0 aliphatic carbocycles. The molecule has 8 nitrogen and oxygen atoms in total. The Kier molecular flexibility index (Phi) is 6.40. The minimum Gasteiger partial charge on any atom is -0.463 e. The van der Waals surface area contributed by atoms with E-state index in [1.54, 1.807) is 38.1 Å². The van der Waals surface area contributed by atoms with Gasteiger partial charge in [-0.15, -0.1) is 0 Å². The first kappa shape index (κ1) is 18.8. The lowest BCUT2D eigenvalue weighted by atomic mass is 10.2. The van der Waals surface area contributed by atoms with Gasteiger partial charge in [-0.2, -0.15) is 4.68 Å². The number of benzene rings is 1. The minimum atomic E-state index is -3.65. The summed E-state index contributed by atoms with van der Waals surface area (Å²) in [5.74, 6) is -0.537. The molecule has 0 unspecified atom stereocenters. The van der Waals surface area contributed by atoms with E-state index >= 15 is 0 Å². The molecule has 0 aliphatic heterocycles. The number of para-hydroxylation sites is 1. The van der Waals surface area contributed by atoms with Crippen LogP contribution >= 0.6 is 0 Å². The largest absolute Gasteiger partial charge is 0.463 e. The maximum absolute atomic E-state index is 12.5. The molecule has 1 aromatic carbocycles. The zero-order valence-electron chi connectivity index (χ0n) is 14.1. The van der Waals surface area contributed by atoms with Crippen LogP contribution in [0.2, 0.25) is 0 Å². The molecule has 1 heterocycles. The first-order valence-electron chi connectivity index (χ1n) is 7.84. The maximum atomic E-state index is 12.5. The smallest absolute Gasteiger partial charge is 0.330 e. The van der Waals surface area contributed by atoms with E-state index in [0.717, 1.165) is 5.57 Å². The molecule has 2 rings (SSSR count). The summed E-state index contributed by atoms with van der Waals surface area (Å²) in [6.07, 6.45) is 2.20. The van der Waals surface area contributed by atoms with Crippen molar-refractivity contribution in [3.05, 3.63) is 42.0 Å². The molecule has 25 heavy (non-hydrogen) atoms. The van der Waals surface area contributed by atoms with Crippen molar-refractivity contribution in [3.8, 4) is 5.69 Å². The topological polar surface area (TPSA) is 104 Å². The van der Waals surface area contributed by atoms with Gasteiger partial charge in [0.2, 0.25) is 9.84 Å². The highest BCUT2D eigenvalue weighted by Gasteiger charge is 2.23. The van der Waals surface area contributed by atoms with Crippen LogP contribution in [-0.2, 0) is 19.4 Å². The van der Waals surface area contributed by atoms with Gasteiger partial charge in [0.1, 0.15) is 0 Å². The molecule has 0 saturated carbocycles. The molecular weight excluding hydrogens is 344 g/mol. The van der Waals surface area contributed by atoms with E-state index in [1.807, 2.05) is 6.07 Å². The molecule has 0 radical (unpaired) electrons. The van der Waals surface area contributed by atoms with Crippen molar-refractivity contribution in [2.45, 2.75) is 31.8 Å². The quantitative estimate of drug-likeness (QED) is 0.519. The first-order chi connectivity index (χ1) is 11.9. The lowest BCUT2D eigenvalue weighted by molar-refractivity contribution is -0.137. The number of nitrogens with zero attached hydrogens (tertiary/aromatic N) is 4. The Hall–Kier alpha value is -2.55. The normalized spacial score (nSPS) is 12.2. The van der Waals surface area contributed by atoms with Crippen molar-refractivity contribution >= 4 is 15.8 Å². The van der Waals surface area contributed by atoms with E-state index in [9.17, 15) is 13.2 Å². The molecule has 0 atom stereocenters. The van der Waals surface area contributed by atoms with Gasteiger partial charge in [-0.3, -0.25) is 0 Å². The number of allylic oxidation sites excluding steroid dienone is 1. The molecule has 0 fully saturated rings. The van der Waals surface area contributed by atoms with E-state index in [-0.39, 0.29) is 10.9 Å². The molecule has 1 aromatic heterocycles. The molecule has 0 aliphatic rings. The van der Waals surface area contributed by atoms with Crippen molar-refractivity contribution in [2.24, 2.45) is 0 Å². The van der Waals surface area contributed by atoms with Gasteiger partial charge in [-0.05, 0) is 49.2 Å². The van der Waals surface area contributed by atoms with Gasteiger partial charge < -0.3 is 4.74 Å². The summed E-state index contributed by atoms with van der Waals surface area (Å²) < 4.78 is 31.1. The summed E-state index contributed by atoms with van der Waals surface area (Å²) in [6.45, 7) is 3.79. The summed E-state index contributed by atoms with van der Waals surface area (Å²) in [5.41, 5.74) is 1.33. The van der Waals surface area contributed by atoms with Crippen molar-refractivity contribution in [1.29, 1.82) is 0 Å². The van der Waals surface area contributed by atoms with Gasteiger partial charge >= 0.3 is 5.97 Å². The predicted octanol–water partition coefficient (Wildman–Crippen LogP) is 1.73. The lowest BCUT2D eigenvalue weighted by Gasteiger charge is -2.06. The van der Waals surface area contributed by atoms with Crippen LogP contribution in [-0.4, -0.2) is 47.0 Å². The second kappa shape index (κ2) is 8.52. The van der Waals surface area contributed by atoms with E-state index in [4.69, 9.17) is 4.74 Å². The molecule has 0 bridgehead atoms. The Labute approximate surface area is 146 Å². The van der Waals surface area contributed by atoms with Crippen LogP contribution in [0.25, 0.3) is 5.69 Å². The predicted molar refractivity (Wildman–Crippen MR) is 90.8 cm³/mol. The van der Waals surface area contributed by atoms with Gasteiger partial charge in [0.15, 0.2) is 0 Å². The zero-order chi connectivity index (χ0) is 18.3. The highest BCUT2D eigenvalue weighted by atomic mass is 32.2. The van der Waals surface area contributed by atoms with Crippen LogP contribution < -0.4 is 0 Å². The fourth-order valence-electron chi connectivity index (χ4n) is 2.19. The Bertz CT molecular complexity index is 844. The minimum absolute atomic E-state index is 0.117. The fraction of sp³-hybridized carbons (Fsp3) is 0.375. The van der Waals surface area contributed by atoms with Gasteiger partial charge in [0.05, 0.1) is 18.0 Å². The van der Waals surface area contributed by atoms with Crippen molar-refractivity contribution < 1.29 is 17.9 Å². The van der Waals surface area contributed by atoms with Gasteiger partial charge in [-0.1, -0.05) is 28.9 Å². The molecule has 0 spiro atoms. The number of carbonyl (C=O) groups excluding carboxylic acids is 1. The van der Waals surface area contributed by atoms with Crippen LogP contribution in [0.5, 0.6) is 0 Å². The number of aromatic nitrogens is 4. The van der Waals surface area contributed by atoms with E-state index in [1.165, 1.54) is 10.8 Å². The summed E-state index contributed by atoms with van der Waals surface area (Å²) in [5, 5.41) is 10.7. The van der Waals surface area contributed by atoms with E-state index < -0.39 is 15.8 Å². The number of rotatable bonds is 8. The fourth-order valence-corrected chi connectivity index (χ4v) is 3.47. The number of sulfone groups is 1. The lowest BCUT2D eigenvalue weighted by Crippen LogP contribution is -2.14. The standard InChI is InChI=1S/C16H20N4O4S/c1-3-24-15(21)12-13(2)8-7-11-25(22,23)16-17-18-19-20(16)14-9-5-4-6-10-14/h4-6,9-10,12H,3,7-8,11H2,1-2H3/b13-12-. The molecule has 134 valence electrons. The summed E-state index contributed by atoms with van der Waals surface area (Å²) in [7, 11) is -3.65. The van der Waals surface area contributed by atoms with Gasteiger partial charge in [0.25, 0.3) is 5.16 Å². The number of tetrazole rings is 1. The number of hydrogen-bond donors (Lipinski definition) is 0. The molecule has 0 N–H and O–H groups in total. The van der Waals surface area contributed by atoms with Crippen molar-refractivity contribution in [2.75, 3.05) is 12.4 Å². The second-order valence-electron chi connectivity index (χ2n) is 5.37. The number of ether oxygens (including phenoxy) is 1. The number of esters is 1. The number of carbonyl (C=O) groups is 1. The monoisotopic (exact) mass is 364 g/mol. The first-order valence-corrected chi connectivity index (χ1v) is 9.49. The summed E-state index contributed by atoms with van der Waals surface area (Å²) in [4.78, 5) is 11.4. The number of hydrogen-bond acceptors (Lipinski definition) is 7. The van der Waals surface area contributed by atoms with E-state index in [2.05, 4.69) is 15.5 Å². The van der Waals surface area contributed by atoms with Crippen LogP contribution in [0.1, 0.15) is 26.7 Å². The van der Waals surface area contributed by atoms with Crippen molar-refractivity contribution in [1.82, 2.24) is 20.2 Å². The van der Waals surface area contributed by atoms with Crippen LogP contribution in [0, 0.1) is 0 Å². The second-order valence-corrected chi connectivity index (χ2v) is 7.38. The summed E-state index contributed by atoms with van der Waals surface area (Å²) in [6, 6.07) is 8.82. The van der Waals surface area contributed by atoms with E-state index in [0.29, 0.717) is 25.1 Å². The molecule has 0 amide bonds. The molecule has 9 heteroatoms. The molecular formula is C16H20N4O4S. The van der Waals surface area contributed by atoms with Gasteiger partial charge in [0, 0.05) is 6.08 Å². The molecule has 0 saturated heterocycles. The maximum Gasteiger partial charge on any atom is 0.330 e. The van der Waals surface area contributed by atoms with Gasteiger partial charge in [-0.25, -0.2) is 13.2 Å². The highest BCUT2D eigenvalue weighted by molar-refractivity contribution is 7.91. The highest BCUT2D eigenvalue weighted by Crippen LogP contribution is 2.15. The third-order valence-electron chi connectivity index (χ3n) is 3.35. The Balaban J connectivity index is 2.04. The third kappa shape index (κ3) is 5.21. The van der Waals surface area contributed by atoms with Crippen molar-refractivity contribution in [3.63, 3.8) is 0 Å². The van der Waals surface area contributed by atoms with Crippen LogP contribution in [0.4, 0.5) is 0 Å². The van der Waals surface area contributed by atoms with Crippen LogP contribution in [0.3, 0.4) is 0 Å².